The third-order valence-corrected chi connectivity index (χ3v) is 3.29. The number of benzene rings is 1. The van der Waals surface area contributed by atoms with Crippen molar-refractivity contribution in [1.29, 1.82) is 0 Å². The number of nitrogens with zero attached hydrogens (tertiary/aromatic N) is 1. The van der Waals surface area contributed by atoms with Gasteiger partial charge in [0.1, 0.15) is 0 Å². The van der Waals surface area contributed by atoms with Crippen LogP contribution in [-0.4, -0.2) is 4.98 Å². The first-order chi connectivity index (χ1) is 8.56. The smallest absolute Gasteiger partial charge is 0.0375 e. The number of pyridine rings is 1. The molecule has 94 valence electrons. The van der Waals surface area contributed by atoms with E-state index >= 15 is 0 Å². The first kappa shape index (κ1) is 12.8. The summed E-state index contributed by atoms with van der Waals surface area (Å²) in [6.45, 7) is 6.25. The average molecular weight is 240 g/mol. The summed E-state index contributed by atoms with van der Waals surface area (Å²) < 4.78 is 0. The van der Waals surface area contributed by atoms with Crippen molar-refractivity contribution in [2.45, 2.75) is 33.2 Å². The van der Waals surface area contributed by atoms with Crippen LogP contribution in [0.15, 0.2) is 36.5 Å². The molecule has 2 N–H and O–H groups in total. The molecule has 0 saturated carbocycles. The molecule has 0 spiro atoms. The number of hydrogen-bond acceptors (Lipinski definition) is 2. The van der Waals surface area contributed by atoms with Crippen molar-refractivity contribution >= 4 is 0 Å². The molecule has 0 aliphatic carbocycles. The molecule has 1 atom stereocenters. The maximum absolute atomic E-state index is 6.29. The summed E-state index contributed by atoms with van der Waals surface area (Å²) in [4.78, 5) is 4.21. The average Bonchev–Trinajstić information content (AvgIpc) is 2.34. The Morgan fingerprint density at radius 2 is 1.89 bits per heavy atom. The van der Waals surface area contributed by atoms with Gasteiger partial charge in [0.15, 0.2) is 0 Å². The zero-order valence-electron chi connectivity index (χ0n) is 11.3. The van der Waals surface area contributed by atoms with Gasteiger partial charge in [-0.05, 0) is 56.0 Å². The van der Waals surface area contributed by atoms with E-state index in [2.05, 4.69) is 43.1 Å². The Labute approximate surface area is 109 Å². The SMILES string of the molecule is Cc1ccc(C)c(CC(N)c2ccnc(C)c2)c1. The Kier molecular flexibility index (Phi) is 3.78. The first-order valence-corrected chi connectivity index (χ1v) is 6.30. The monoisotopic (exact) mass is 240 g/mol. The Bertz CT molecular complexity index is 547. The van der Waals surface area contributed by atoms with Gasteiger partial charge in [-0.15, -0.1) is 0 Å². The molecular formula is C16H20N2. The number of rotatable bonds is 3. The predicted octanol–water partition coefficient (Wildman–Crippen LogP) is 3.25. The van der Waals surface area contributed by atoms with Gasteiger partial charge in [-0.3, -0.25) is 4.98 Å². The highest BCUT2D eigenvalue weighted by Crippen LogP contribution is 2.19. The van der Waals surface area contributed by atoms with Crippen LogP contribution in [0.4, 0.5) is 0 Å². The molecule has 1 heterocycles. The topological polar surface area (TPSA) is 38.9 Å². The number of aromatic nitrogens is 1. The summed E-state index contributed by atoms with van der Waals surface area (Å²) in [5, 5.41) is 0. The van der Waals surface area contributed by atoms with Crippen LogP contribution in [0.25, 0.3) is 0 Å². The molecule has 0 amide bonds. The Balaban J connectivity index is 2.21. The van der Waals surface area contributed by atoms with Crippen LogP contribution < -0.4 is 5.73 Å². The molecule has 1 aromatic carbocycles. The van der Waals surface area contributed by atoms with Crippen LogP contribution in [0.2, 0.25) is 0 Å². The molecule has 2 rings (SSSR count). The van der Waals surface area contributed by atoms with E-state index in [0.29, 0.717) is 0 Å². The molecular weight excluding hydrogens is 220 g/mol. The Hall–Kier alpha value is -1.67. The molecule has 0 aliphatic heterocycles. The van der Waals surface area contributed by atoms with Gasteiger partial charge in [0, 0.05) is 17.9 Å². The van der Waals surface area contributed by atoms with Crippen molar-refractivity contribution in [3.63, 3.8) is 0 Å². The summed E-state index contributed by atoms with van der Waals surface area (Å²) in [5.41, 5.74) is 12.4. The van der Waals surface area contributed by atoms with Crippen LogP contribution in [-0.2, 0) is 6.42 Å². The minimum atomic E-state index is 0.0344. The van der Waals surface area contributed by atoms with Crippen molar-refractivity contribution in [3.8, 4) is 0 Å². The van der Waals surface area contributed by atoms with Crippen LogP contribution in [0.3, 0.4) is 0 Å². The number of hydrogen-bond donors (Lipinski definition) is 1. The summed E-state index contributed by atoms with van der Waals surface area (Å²) in [7, 11) is 0. The van der Waals surface area contributed by atoms with Gasteiger partial charge in [-0.1, -0.05) is 23.8 Å². The lowest BCUT2D eigenvalue weighted by molar-refractivity contribution is 0.715. The van der Waals surface area contributed by atoms with E-state index in [1.54, 1.807) is 0 Å². The van der Waals surface area contributed by atoms with Gasteiger partial charge in [0.05, 0.1) is 0 Å². The summed E-state index contributed by atoms with van der Waals surface area (Å²) in [6.07, 6.45) is 2.70. The maximum atomic E-state index is 6.29. The molecule has 0 saturated heterocycles. The molecule has 0 radical (unpaired) electrons. The predicted molar refractivity (Wildman–Crippen MR) is 75.5 cm³/mol. The molecule has 2 aromatic rings. The third kappa shape index (κ3) is 2.96. The number of nitrogens with two attached hydrogens (primary N) is 1. The lowest BCUT2D eigenvalue weighted by Gasteiger charge is -2.14. The van der Waals surface area contributed by atoms with Crippen LogP contribution in [0.5, 0.6) is 0 Å². The standard InChI is InChI=1S/C16H20N2/c1-11-4-5-12(2)15(8-11)10-16(17)14-6-7-18-13(3)9-14/h4-9,16H,10,17H2,1-3H3. The lowest BCUT2D eigenvalue weighted by Crippen LogP contribution is -2.14. The highest BCUT2D eigenvalue weighted by atomic mass is 14.7. The van der Waals surface area contributed by atoms with Crippen molar-refractivity contribution in [2.24, 2.45) is 5.73 Å². The van der Waals surface area contributed by atoms with Crippen LogP contribution in [0, 0.1) is 20.8 Å². The fourth-order valence-corrected chi connectivity index (χ4v) is 2.17. The van der Waals surface area contributed by atoms with Gasteiger partial charge < -0.3 is 5.73 Å². The van der Waals surface area contributed by atoms with Crippen molar-refractivity contribution in [3.05, 3.63) is 64.5 Å². The van der Waals surface area contributed by atoms with Gasteiger partial charge in [0.25, 0.3) is 0 Å². The van der Waals surface area contributed by atoms with Gasteiger partial charge in [-0.2, -0.15) is 0 Å². The van der Waals surface area contributed by atoms with E-state index < -0.39 is 0 Å². The zero-order valence-corrected chi connectivity index (χ0v) is 11.3. The maximum Gasteiger partial charge on any atom is 0.0375 e. The fourth-order valence-electron chi connectivity index (χ4n) is 2.17. The normalized spacial score (nSPS) is 12.4. The minimum Gasteiger partial charge on any atom is -0.324 e. The molecule has 0 aliphatic rings. The van der Waals surface area contributed by atoms with E-state index in [1.165, 1.54) is 16.7 Å². The highest BCUT2D eigenvalue weighted by Gasteiger charge is 2.09. The minimum absolute atomic E-state index is 0.0344. The summed E-state index contributed by atoms with van der Waals surface area (Å²) >= 11 is 0. The van der Waals surface area contributed by atoms with Crippen molar-refractivity contribution in [1.82, 2.24) is 4.98 Å². The molecule has 2 nitrogen and oxygen atoms in total. The first-order valence-electron chi connectivity index (χ1n) is 6.30. The number of aryl methyl sites for hydroxylation is 3. The van der Waals surface area contributed by atoms with Crippen LogP contribution >= 0.6 is 0 Å². The quantitative estimate of drug-likeness (QED) is 0.894. The van der Waals surface area contributed by atoms with Crippen molar-refractivity contribution in [2.75, 3.05) is 0 Å². The molecule has 1 aromatic heterocycles. The fraction of sp³-hybridized carbons (Fsp3) is 0.312. The lowest BCUT2D eigenvalue weighted by atomic mass is 9.96. The third-order valence-electron chi connectivity index (χ3n) is 3.29. The Morgan fingerprint density at radius 1 is 1.11 bits per heavy atom. The second kappa shape index (κ2) is 5.32. The van der Waals surface area contributed by atoms with E-state index in [-0.39, 0.29) is 6.04 Å². The van der Waals surface area contributed by atoms with E-state index in [0.717, 1.165) is 17.7 Å². The summed E-state index contributed by atoms with van der Waals surface area (Å²) in [5.74, 6) is 0. The molecule has 0 fully saturated rings. The van der Waals surface area contributed by atoms with Crippen molar-refractivity contribution < 1.29 is 0 Å². The largest absolute Gasteiger partial charge is 0.324 e. The van der Waals surface area contributed by atoms with E-state index in [1.807, 2.05) is 19.2 Å². The molecule has 2 heteroatoms. The molecule has 0 bridgehead atoms. The zero-order chi connectivity index (χ0) is 13.1. The molecule has 18 heavy (non-hydrogen) atoms. The van der Waals surface area contributed by atoms with Gasteiger partial charge >= 0.3 is 0 Å². The van der Waals surface area contributed by atoms with Gasteiger partial charge in [0.2, 0.25) is 0 Å². The second-order valence-electron chi connectivity index (χ2n) is 4.97. The van der Waals surface area contributed by atoms with Gasteiger partial charge in [-0.25, -0.2) is 0 Å². The molecule has 1 unspecified atom stereocenters. The summed E-state index contributed by atoms with van der Waals surface area (Å²) in [6, 6.07) is 10.6. The van der Waals surface area contributed by atoms with E-state index in [9.17, 15) is 0 Å². The van der Waals surface area contributed by atoms with Crippen LogP contribution in [0.1, 0.15) is 34.0 Å². The van der Waals surface area contributed by atoms with E-state index in [4.69, 9.17) is 5.73 Å². The highest BCUT2D eigenvalue weighted by molar-refractivity contribution is 5.32. The Morgan fingerprint density at radius 3 is 2.61 bits per heavy atom. The second-order valence-corrected chi connectivity index (χ2v) is 4.97.